The van der Waals surface area contributed by atoms with Crippen LogP contribution in [0.2, 0.25) is 0 Å². The molecule has 0 radical (unpaired) electrons. The number of anilines is 1. The first kappa shape index (κ1) is 15.5. The molecule has 0 amide bonds. The predicted molar refractivity (Wildman–Crippen MR) is 79.9 cm³/mol. The van der Waals surface area contributed by atoms with E-state index in [4.69, 9.17) is 5.11 Å². The van der Waals surface area contributed by atoms with E-state index in [1.807, 2.05) is 0 Å². The van der Waals surface area contributed by atoms with Crippen LogP contribution in [0.3, 0.4) is 0 Å². The number of hydrogen-bond donors (Lipinski definition) is 2. The average Bonchev–Trinajstić information content (AvgIpc) is 2.67. The number of halogens is 1. The highest BCUT2D eigenvalue weighted by atomic mass is 79.9. The van der Waals surface area contributed by atoms with Crippen LogP contribution in [0.25, 0.3) is 0 Å². The second-order valence-corrected chi connectivity index (χ2v) is 6.86. The molecular formula is C12H12BrN3O4S. The summed E-state index contributed by atoms with van der Waals surface area (Å²) in [7, 11) is -2.33. The molecule has 21 heavy (non-hydrogen) atoms. The van der Waals surface area contributed by atoms with Crippen molar-refractivity contribution in [2.24, 2.45) is 7.05 Å². The molecule has 2 aromatic rings. The van der Waals surface area contributed by atoms with Gasteiger partial charge in [-0.3, -0.25) is 9.40 Å². The summed E-state index contributed by atoms with van der Waals surface area (Å²) in [6, 6.07) is 5.37. The van der Waals surface area contributed by atoms with E-state index >= 15 is 0 Å². The zero-order chi connectivity index (χ0) is 15.8. The summed E-state index contributed by atoms with van der Waals surface area (Å²) in [4.78, 5) is 10.8. The van der Waals surface area contributed by atoms with Crippen molar-refractivity contribution in [2.75, 3.05) is 4.72 Å². The number of carbonyl (C=O) groups is 1. The van der Waals surface area contributed by atoms with Gasteiger partial charge in [0.15, 0.2) is 0 Å². The molecule has 0 saturated heterocycles. The number of nitrogens with one attached hydrogen (secondary N) is 1. The van der Waals surface area contributed by atoms with Crippen LogP contribution in [0.4, 0.5) is 5.82 Å². The van der Waals surface area contributed by atoms with Gasteiger partial charge in [0.05, 0.1) is 11.3 Å². The molecule has 0 fully saturated rings. The highest BCUT2D eigenvalue weighted by molar-refractivity contribution is 9.10. The third-order valence-corrected chi connectivity index (χ3v) is 5.06. The van der Waals surface area contributed by atoms with Crippen LogP contribution in [-0.4, -0.2) is 29.3 Å². The monoisotopic (exact) mass is 373 g/mol. The van der Waals surface area contributed by atoms with E-state index in [-0.39, 0.29) is 14.9 Å². The van der Waals surface area contributed by atoms with Gasteiger partial charge >= 0.3 is 5.97 Å². The first-order chi connectivity index (χ1) is 9.70. The van der Waals surface area contributed by atoms with E-state index in [9.17, 15) is 13.2 Å². The van der Waals surface area contributed by atoms with E-state index in [0.717, 1.165) is 6.07 Å². The van der Waals surface area contributed by atoms with Gasteiger partial charge in [0.25, 0.3) is 10.0 Å². The second kappa shape index (κ2) is 5.49. The number of carboxylic acid groups (broad SMARTS) is 1. The molecule has 0 aliphatic heterocycles. The van der Waals surface area contributed by atoms with Gasteiger partial charge in [-0.25, -0.2) is 13.2 Å². The molecular weight excluding hydrogens is 362 g/mol. The van der Waals surface area contributed by atoms with Crippen LogP contribution in [0.15, 0.2) is 33.6 Å². The number of benzene rings is 1. The Labute approximate surface area is 129 Å². The Hall–Kier alpha value is -1.87. The number of nitrogens with zero attached hydrogens (tertiary/aromatic N) is 2. The number of aromatic nitrogens is 2. The summed E-state index contributed by atoms with van der Waals surface area (Å²) in [5.41, 5.74) is 0.549. The minimum atomic E-state index is -3.93. The summed E-state index contributed by atoms with van der Waals surface area (Å²) in [6.07, 6.45) is 0. The highest BCUT2D eigenvalue weighted by Crippen LogP contribution is 2.25. The first-order valence-corrected chi connectivity index (χ1v) is 8.04. The van der Waals surface area contributed by atoms with Crippen molar-refractivity contribution in [1.29, 1.82) is 0 Å². The molecule has 0 saturated carbocycles. The van der Waals surface area contributed by atoms with Crippen LogP contribution in [0.5, 0.6) is 0 Å². The van der Waals surface area contributed by atoms with Gasteiger partial charge in [-0.05, 0) is 41.1 Å². The summed E-state index contributed by atoms with van der Waals surface area (Å²) in [5.74, 6) is -0.907. The van der Waals surface area contributed by atoms with Crippen molar-refractivity contribution in [3.63, 3.8) is 0 Å². The van der Waals surface area contributed by atoms with Crippen molar-refractivity contribution in [2.45, 2.75) is 11.8 Å². The number of rotatable bonds is 4. The molecule has 1 aromatic heterocycles. The van der Waals surface area contributed by atoms with Gasteiger partial charge in [0.1, 0.15) is 10.7 Å². The molecule has 0 spiro atoms. The number of hydrogen-bond acceptors (Lipinski definition) is 4. The summed E-state index contributed by atoms with van der Waals surface area (Å²) in [5, 5.41) is 13.0. The Bertz CT molecular complexity index is 814. The van der Waals surface area contributed by atoms with Gasteiger partial charge in [-0.15, -0.1) is 0 Å². The zero-order valence-corrected chi connectivity index (χ0v) is 13.6. The zero-order valence-electron chi connectivity index (χ0n) is 11.2. The first-order valence-electron chi connectivity index (χ1n) is 5.77. The summed E-state index contributed by atoms with van der Waals surface area (Å²) >= 11 is 3.12. The number of carboxylic acids is 1. The third kappa shape index (κ3) is 3.24. The maximum atomic E-state index is 12.4. The van der Waals surface area contributed by atoms with Gasteiger partial charge in [-0.1, -0.05) is 0 Å². The van der Waals surface area contributed by atoms with Crippen molar-refractivity contribution in [3.8, 4) is 0 Å². The Morgan fingerprint density at radius 2 is 2.05 bits per heavy atom. The Morgan fingerprint density at radius 3 is 2.57 bits per heavy atom. The summed E-state index contributed by atoms with van der Waals surface area (Å²) < 4.78 is 28.8. The molecule has 9 heteroatoms. The lowest BCUT2D eigenvalue weighted by Crippen LogP contribution is -2.16. The molecule has 1 heterocycles. The minimum Gasteiger partial charge on any atom is -0.478 e. The quantitative estimate of drug-likeness (QED) is 0.852. The highest BCUT2D eigenvalue weighted by Gasteiger charge is 2.21. The van der Waals surface area contributed by atoms with E-state index in [1.54, 1.807) is 20.0 Å². The average molecular weight is 374 g/mol. The molecule has 7 nitrogen and oxygen atoms in total. The van der Waals surface area contributed by atoms with Gasteiger partial charge in [-0.2, -0.15) is 5.10 Å². The molecule has 0 bridgehead atoms. The second-order valence-electron chi connectivity index (χ2n) is 4.35. The lowest BCUT2D eigenvalue weighted by molar-refractivity contribution is 0.0696. The van der Waals surface area contributed by atoms with Gasteiger partial charge in [0.2, 0.25) is 0 Å². The smallest absolute Gasteiger partial charge is 0.335 e. The summed E-state index contributed by atoms with van der Waals surface area (Å²) in [6.45, 7) is 1.73. The number of sulfonamides is 1. The lowest BCUT2D eigenvalue weighted by atomic mass is 10.2. The standard InChI is InChI=1S/C12H12BrN3O4S/c1-7-5-11(16(2)14-7)15-21(19,20)10-6-8(12(17)18)3-4-9(10)13/h3-6,15H,1-2H3,(H,17,18). The molecule has 0 aliphatic carbocycles. The van der Waals surface area contributed by atoms with E-state index in [1.165, 1.54) is 16.8 Å². The van der Waals surface area contributed by atoms with Crippen LogP contribution in [-0.2, 0) is 17.1 Å². The fourth-order valence-corrected chi connectivity index (χ4v) is 3.81. The SMILES string of the molecule is Cc1cc(NS(=O)(=O)c2cc(C(=O)O)ccc2Br)n(C)n1. The van der Waals surface area contributed by atoms with E-state index < -0.39 is 16.0 Å². The third-order valence-electron chi connectivity index (χ3n) is 2.71. The predicted octanol–water partition coefficient (Wildman–Crippen LogP) is 1.99. The topological polar surface area (TPSA) is 101 Å². The van der Waals surface area contributed by atoms with E-state index in [2.05, 4.69) is 25.8 Å². The molecule has 2 N–H and O–H groups in total. The molecule has 0 atom stereocenters. The van der Waals surface area contributed by atoms with Gasteiger partial charge in [0, 0.05) is 17.6 Å². The fourth-order valence-electron chi connectivity index (χ4n) is 1.74. The molecule has 0 aliphatic rings. The largest absolute Gasteiger partial charge is 0.478 e. The fraction of sp³-hybridized carbons (Fsp3) is 0.167. The minimum absolute atomic E-state index is 0.111. The van der Waals surface area contributed by atoms with Crippen molar-refractivity contribution >= 4 is 37.7 Å². The Balaban J connectivity index is 2.46. The van der Waals surface area contributed by atoms with E-state index in [0.29, 0.717) is 11.5 Å². The van der Waals surface area contributed by atoms with Crippen molar-refractivity contribution in [1.82, 2.24) is 9.78 Å². The Morgan fingerprint density at radius 1 is 1.38 bits per heavy atom. The van der Waals surface area contributed by atoms with Crippen LogP contribution < -0.4 is 4.72 Å². The molecule has 1 aromatic carbocycles. The number of aryl methyl sites for hydroxylation is 2. The van der Waals surface area contributed by atoms with Crippen LogP contribution in [0, 0.1) is 6.92 Å². The van der Waals surface area contributed by atoms with Crippen LogP contribution in [0.1, 0.15) is 16.1 Å². The Kier molecular flexibility index (Phi) is 4.06. The maximum Gasteiger partial charge on any atom is 0.335 e. The number of aromatic carboxylic acids is 1. The van der Waals surface area contributed by atoms with Gasteiger partial charge < -0.3 is 5.11 Å². The normalized spacial score (nSPS) is 11.4. The lowest BCUT2D eigenvalue weighted by Gasteiger charge is -2.10. The molecule has 0 unspecified atom stereocenters. The van der Waals surface area contributed by atoms with Crippen LogP contribution >= 0.6 is 15.9 Å². The molecule has 112 valence electrons. The molecule has 2 rings (SSSR count). The van der Waals surface area contributed by atoms with Crippen molar-refractivity contribution in [3.05, 3.63) is 40.0 Å². The maximum absolute atomic E-state index is 12.4. The van der Waals surface area contributed by atoms with Crippen molar-refractivity contribution < 1.29 is 18.3 Å².